The van der Waals surface area contributed by atoms with Crippen LogP contribution in [-0.4, -0.2) is 23.7 Å². The van der Waals surface area contributed by atoms with Crippen molar-refractivity contribution in [2.24, 2.45) is 0 Å². The third kappa shape index (κ3) is 2.94. The minimum absolute atomic E-state index is 0.348. The maximum absolute atomic E-state index is 6.03. The van der Waals surface area contributed by atoms with Gasteiger partial charge in [0.2, 0.25) is 0 Å². The fraction of sp³-hybridized carbons (Fsp3) is 0.583. The van der Waals surface area contributed by atoms with Gasteiger partial charge in [-0.25, -0.2) is 0 Å². The average molecular weight is 241 g/mol. The molecule has 0 aliphatic carbocycles. The van der Waals surface area contributed by atoms with Gasteiger partial charge in [-0.15, -0.1) is 0 Å². The highest BCUT2D eigenvalue weighted by atomic mass is 35.5. The number of halogens is 1. The van der Waals surface area contributed by atoms with Gasteiger partial charge in [-0.2, -0.15) is 0 Å². The first-order chi connectivity index (χ1) is 7.77. The molecule has 3 nitrogen and oxygen atoms in total. The molecule has 0 spiro atoms. The fourth-order valence-corrected chi connectivity index (χ4v) is 2.13. The number of pyridine rings is 1. The number of nitrogens with one attached hydrogen (secondary N) is 1. The van der Waals surface area contributed by atoms with Crippen molar-refractivity contribution in [3.05, 3.63) is 29.0 Å². The summed E-state index contributed by atoms with van der Waals surface area (Å²) >= 11 is 6.03. The zero-order valence-corrected chi connectivity index (χ0v) is 10.2. The van der Waals surface area contributed by atoms with Crippen LogP contribution in [0.1, 0.15) is 25.3 Å². The second kappa shape index (κ2) is 5.62. The Morgan fingerprint density at radius 3 is 3.25 bits per heavy atom. The van der Waals surface area contributed by atoms with Gasteiger partial charge in [-0.05, 0) is 31.4 Å². The molecular weight excluding hydrogens is 224 g/mol. The lowest BCUT2D eigenvalue weighted by Gasteiger charge is -2.20. The third-order valence-electron chi connectivity index (χ3n) is 2.99. The van der Waals surface area contributed by atoms with Crippen LogP contribution >= 0.6 is 11.6 Å². The summed E-state index contributed by atoms with van der Waals surface area (Å²) in [6.07, 6.45) is 6.11. The zero-order chi connectivity index (χ0) is 11.4. The van der Waals surface area contributed by atoms with Crippen molar-refractivity contribution in [1.29, 1.82) is 0 Å². The standard InChI is InChI=1S/C12H17ClN2O/c1-9(12-3-2-6-16-12)15-7-10-4-5-14-8-11(10)13/h4-5,8-9,12,15H,2-3,6-7H2,1H3. The van der Waals surface area contributed by atoms with E-state index in [0.717, 1.165) is 30.2 Å². The summed E-state index contributed by atoms with van der Waals surface area (Å²) in [7, 11) is 0. The molecule has 0 saturated carbocycles. The number of aromatic nitrogens is 1. The fourth-order valence-electron chi connectivity index (χ4n) is 1.95. The Balaban J connectivity index is 1.84. The molecule has 2 rings (SSSR count). The van der Waals surface area contributed by atoms with Gasteiger partial charge in [0.15, 0.2) is 0 Å². The third-order valence-corrected chi connectivity index (χ3v) is 3.33. The van der Waals surface area contributed by atoms with Gasteiger partial charge in [-0.1, -0.05) is 11.6 Å². The minimum Gasteiger partial charge on any atom is -0.377 e. The first-order valence-electron chi connectivity index (χ1n) is 5.71. The molecule has 4 heteroatoms. The van der Waals surface area contributed by atoms with Crippen LogP contribution in [0.3, 0.4) is 0 Å². The quantitative estimate of drug-likeness (QED) is 0.878. The molecule has 2 heterocycles. The van der Waals surface area contributed by atoms with Crippen LogP contribution in [0.2, 0.25) is 5.02 Å². The predicted octanol–water partition coefficient (Wildman–Crippen LogP) is 2.39. The molecule has 1 aromatic heterocycles. The van der Waals surface area contributed by atoms with Crippen molar-refractivity contribution >= 4 is 11.6 Å². The topological polar surface area (TPSA) is 34.2 Å². The van der Waals surface area contributed by atoms with E-state index in [-0.39, 0.29) is 0 Å². The molecule has 0 amide bonds. The summed E-state index contributed by atoms with van der Waals surface area (Å²) in [6.45, 7) is 3.82. The normalized spacial score (nSPS) is 22.2. The SMILES string of the molecule is CC(NCc1ccncc1Cl)C1CCCO1. The Morgan fingerprint density at radius 1 is 1.69 bits per heavy atom. The number of nitrogens with zero attached hydrogens (tertiary/aromatic N) is 1. The van der Waals surface area contributed by atoms with Crippen LogP contribution in [0.25, 0.3) is 0 Å². The Hall–Kier alpha value is -0.640. The molecule has 2 atom stereocenters. The molecule has 1 aliphatic heterocycles. The molecule has 0 aromatic carbocycles. The van der Waals surface area contributed by atoms with Crippen molar-refractivity contribution in [3.8, 4) is 0 Å². The lowest BCUT2D eigenvalue weighted by atomic mass is 10.1. The number of ether oxygens (including phenoxy) is 1. The zero-order valence-electron chi connectivity index (χ0n) is 9.45. The summed E-state index contributed by atoms with van der Waals surface area (Å²) in [5.74, 6) is 0. The summed E-state index contributed by atoms with van der Waals surface area (Å²) in [5, 5.41) is 4.16. The molecular formula is C12H17ClN2O. The molecule has 16 heavy (non-hydrogen) atoms. The molecule has 0 bridgehead atoms. The average Bonchev–Trinajstić information content (AvgIpc) is 2.81. The molecule has 1 aromatic rings. The van der Waals surface area contributed by atoms with Gasteiger partial charge in [0.25, 0.3) is 0 Å². The van der Waals surface area contributed by atoms with E-state index in [2.05, 4.69) is 17.2 Å². The van der Waals surface area contributed by atoms with Crippen LogP contribution in [0.4, 0.5) is 0 Å². The summed E-state index contributed by atoms with van der Waals surface area (Å²) < 4.78 is 5.63. The van der Waals surface area contributed by atoms with Gasteiger partial charge >= 0.3 is 0 Å². The van der Waals surface area contributed by atoms with Gasteiger partial charge < -0.3 is 10.1 Å². The largest absolute Gasteiger partial charge is 0.377 e. The monoisotopic (exact) mass is 240 g/mol. The molecule has 1 N–H and O–H groups in total. The highest BCUT2D eigenvalue weighted by molar-refractivity contribution is 6.31. The second-order valence-corrected chi connectivity index (χ2v) is 4.60. The lowest BCUT2D eigenvalue weighted by molar-refractivity contribution is 0.0832. The Kier molecular flexibility index (Phi) is 4.16. The van der Waals surface area contributed by atoms with E-state index in [4.69, 9.17) is 16.3 Å². The minimum atomic E-state index is 0.348. The van der Waals surface area contributed by atoms with Gasteiger partial charge in [0.1, 0.15) is 0 Å². The van der Waals surface area contributed by atoms with Crippen LogP contribution < -0.4 is 5.32 Å². The maximum atomic E-state index is 6.03. The smallest absolute Gasteiger partial charge is 0.0726 e. The van der Waals surface area contributed by atoms with E-state index in [0.29, 0.717) is 12.1 Å². The van der Waals surface area contributed by atoms with E-state index in [9.17, 15) is 0 Å². The Bertz CT molecular complexity index is 340. The summed E-state index contributed by atoms with van der Waals surface area (Å²) in [6, 6.07) is 2.31. The van der Waals surface area contributed by atoms with Crippen LogP contribution in [0, 0.1) is 0 Å². The molecule has 88 valence electrons. The maximum Gasteiger partial charge on any atom is 0.0726 e. The van der Waals surface area contributed by atoms with E-state index in [1.165, 1.54) is 6.42 Å². The molecule has 1 fully saturated rings. The Morgan fingerprint density at radius 2 is 2.56 bits per heavy atom. The predicted molar refractivity (Wildman–Crippen MR) is 64.5 cm³/mol. The van der Waals surface area contributed by atoms with Gasteiger partial charge in [0.05, 0.1) is 11.1 Å². The van der Waals surface area contributed by atoms with Crippen LogP contribution in [0.5, 0.6) is 0 Å². The Labute approximate surface area is 101 Å². The second-order valence-electron chi connectivity index (χ2n) is 4.19. The molecule has 1 aliphatic rings. The highest BCUT2D eigenvalue weighted by Crippen LogP contribution is 2.17. The number of hydrogen-bond donors (Lipinski definition) is 1. The molecule has 1 saturated heterocycles. The van der Waals surface area contributed by atoms with Crippen molar-refractivity contribution in [2.45, 2.75) is 38.5 Å². The van der Waals surface area contributed by atoms with Crippen molar-refractivity contribution in [3.63, 3.8) is 0 Å². The summed E-state index contributed by atoms with van der Waals surface area (Å²) in [4.78, 5) is 3.97. The number of rotatable bonds is 4. The van der Waals surface area contributed by atoms with E-state index < -0.39 is 0 Å². The van der Waals surface area contributed by atoms with Crippen LogP contribution in [-0.2, 0) is 11.3 Å². The number of hydrogen-bond acceptors (Lipinski definition) is 3. The van der Waals surface area contributed by atoms with E-state index in [1.807, 2.05) is 6.07 Å². The van der Waals surface area contributed by atoms with Crippen molar-refractivity contribution < 1.29 is 4.74 Å². The van der Waals surface area contributed by atoms with Gasteiger partial charge in [0, 0.05) is 31.6 Å². The first-order valence-corrected chi connectivity index (χ1v) is 6.08. The van der Waals surface area contributed by atoms with Crippen LogP contribution in [0.15, 0.2) is 18.5 Å². The van der Waals surface area contributed by atoms with E-state index >= 15 is 0 Å². The first kappa shape index (κ1) is 11.8. The molecule has 0 radical (unpaired) electrons. The molecule has 2 unspecified atom stereocenters. The van der Waals surface area contributed by atoms with E-state index in [1.54, 1.807) is 12.4 Å². The lowest BCUT2D eigenvalue weighted by Crippen LogP contribution is -2.36. The highest BCUT2D eigenvalue weighted by Gasteiger charge is 2.21. The summed E-state index contributed by atoms with van der Waals surface area (Å²) in [5.41, 5.74) is 1.08. The van der Waals surface area contributed by atoms with Gasteiger partial charge in [-0.3, -0.25) is 4.98 Å². The van der Waals surface area contributed by atoms with Crippen molar-refractivity contribution in [1.82, 2.24) is 10.3 Å². The van der Waals surface area contributed by atoms with Crippen molar-refractivity contribution in [2.75, 3.05) is 6.61 Å².